The van der Waals surface area contributed by atoms with Gasteiger partial charge in [-0.05, 0) is 18.2 Å². The van der Waals surface area contributed by atoms with Crippen LogP contribution in [0.4, 0.5) is 0 Å². The van der Waals surface area contributed by atoms with E-state index in [0.29, 0.717) is 4.20 Å². The van der Waals surface area contributed by atoms with Gasteiger partial charge in [0.2, 0.25) is 0 Å². The first-order valence-electron chi connectivity index (χ1n) is 5.22. The lowest BCUT2D eigenvalue weighted by Crippen LogP contribution is -2.09. The molecular formula is C12H10N2S3. The standard InChI is InChI=1S/C12H10N2S3/c15-12(16)10-4-3-9-7-17-11(14(9)10)8-2-1-5-13-6-8/h1-6,11H,7H2,(H,15,16). The molecule has 2 aromatic heterocycles. The Morgan fingerprint density at radius 2 is 2.35 bits per heavy atom. The molecule has 2 aromatic rings. The molecule has 0 bridgehead atoms. The lowest BCUT2D eigenvalue weighted by Gasteiger charge is -2.15. The van der Waals surface area contributed by atoms with Crippen LogP contribution in [0, 0.1) is 0 Å². The number of pyridine rings is 1. The molecule has 2 nitrogen and oxygen atoms in total. The van der Waals surface area contributed by atoms with Gasteiger partial charge in [-0.15, -0.1) is 24.4 Å². The molecule has 3 rings (SSSR count). The molecule has 3 heterocycles. The largest absolute Gasteiger partial charge is 0.326 e. The third-order valence-corrected chi connectivity index (χ3v) is 4.51. The summed E-state index contributed by atoms with van der Waals surface area (Å²) in [7, 11) is 0. The summed E-state index contributed by atoms with van der Waals surface area (Å²) < 4.78 is 2.91. The van der Waals surface area contributed by atoms with Crippen molar-refractivity contribution in [1.82, 2.24) is 9.55 Å². The van der Waals surface area contributed by atoms with Crippen molar-refractivity contribution in [3.05, 3.63) is 53.6 Å². The van der Waals surface area contributed by atoms with Crippen molar-refractivity contribution in [2.75, 3.05) is 0 Å². The summed E-state index contributed by atoms with van der Waals surface area (Å²) in [6, 6.07) is 8.25. The van der Waals surface area contributed by atoms with Crippen LogP contribution in [0.25, 0.3) is 0 Å². The molecule has 0 aliphatic carbocycles. The highest BCUT2D eigenvalue weighted by atomic mass is 32.2. The van der Waals surface area contributed by atoms with Crippen molar-refractivity contribution >= 4 is 40.8 Å². The van der Waals surface area contributed by atoms with Crippen LogP contribution in [-0.2, 0) is 5.75 Å². The molecule has 0 aromatic carbocycles. The van der Waals surface area contributed by atoms with Crippen LogP contribution in [-0.4, -0.2) is 13.7 Å². The SMILES string of the molecule is S=C(S)c1ccc2n1C(c1cccnc1)SC2. The minimum Gasteiger partial charge on any atom is -0.326 e. The molecular weight excluding hydrogens is 268 g/mol. The van der Waals surface area contributed by atoms with Gasteiger partial charge in [-0.2, -0.15) is 0 Å². The second kappa shape index (κ2) is 4.48. The van der Waals surface area contributed by atoms with E-state index in [1.54, 1.807) is 6.20 Å². The Labute approximate surface area is 115 Å². The Hall–Kier alpha value is -0.780. The average Bonchev–Trinajstić information content (AvgIpc) is 2.90. The summed E-state index contributed by atoms with van der Waals surface area (Å²) in [5.41, 5.74) is 3.53. The van der Waals surface area contributed by atoms with Gasteiger partial charge >= 0.3 is 0 Å². The fraction of sp³-hybridized carbons (Fsp3) is 0.167. The number of nitrogens with zero attached hydrogens (tertiary/aromatic N) is 2. The first-order valence-corrected chi connectivity index (χ1v) is 7.13. The monoisotopic (exact) mass is 278 g/mol. The maximum atomic E-state index is 5.18. The lowest BCUT2D eigenvalue weighted by atomic mass is 10.2. The minimum absolute atomic E-state index is 0.272. The van der Waals surface area contributed by atoms with Crippen molar-refractivity contribution in [2.24, 2.45) is 0 Å². The minimum atomic E-state index is 0.272. The van der Waals surface area contributed by atoms with Crippen LogP contribution in [0.15, 0.2) is 36.7 Å². The first-order chi connectivity index (χ1) is 8.27. The normalized spacial score (nSPS) is 18.1. The van der Waals surface area contributed by atoms with E-state index in [9.17, 15) is 0 Å². The van der Waals surface area contributed by atoms with E-state index in [2.05, 4.69) is 34.3 Å². The summed E-state index contributed by atoms with van der Waals surface area (Å²) in [6.45, 7) is 0. The topological polar surface area (TPSA) is 17.8 Å². The third kappa shape index (κ3) is 1.92. The summed E-state index contributed by atoms with van der Waals surface area (Å²) >= 11 is 11.4. The van der Waals surface area contributed by atoms with Crippen molar-refractivity contribution < 1.29 is 0 Å². The predicted octanol–water partition coefficient (Wildman–Crippen LogP) is 3.28. The maximum Gasteiger partial charge on any atom is 0.107 e. The zero-order valence-corrected chi connectivity index (χ0v) is 11.4. The number of thioether (sulfide) groups is 1. The van der Waals surface area contributed by atoms with E-state index in [0.717, 1.165) is 11.4 Å². The summed E-state index contributed by atoms with van der Waals surface area (Å²) in [6.07, 6.45) is 3.71. The summed E-state index contributed by atoms with van der Waals surface area (Å²) in [5.74, 6) is 1.01. The molecule has 0 saturated heterocycles. The van der Waals surface area contributed by atoms with Gasteiger partial charge in [0, 0.05) is 29.4 Å². The molecule has 5 heteroatoms. The van der Waals surface area contributed by atoms with Gasteiger partial charge in [0.15, 0.2) is 0 Å². The Kier molecular flexibility index (Phi) is 2.98. The fourth-order valence-corrected chi connectivity index (χ4v) is 3.71. The predicted molar refractivity (Wildman–Crippen MR) is 78.8 cm³/mol. The van der Waals surface area contributed by atoms with Gasteiger partial charge in [-0.25, -0.2) is 0 Å². The molecule has 1 atom stereocenters. The molecule has 86 valence electrons. The first kappa shape index (κ1) is 11.3. The molecule has 1 unspecified atom stereocenters. The van der Waals surface area contributed by atoms with E-state index in [4.69, 9.17) is 12.2 Å². The van der Waals surface area contributed by atoms with Crippen LogP contribution in [0.5, 0.6) is 0 Å². The molecule has 0 radical (unpaired) electrons. The van der Waals surface area contributed by atoms with Gasteiger partial charge in [0.1, 0.15) is 5.37 Å². The highest BCUT2D eigenvalue weighted by Crippen LogP contribution is 2.42. The van der Waals surface area contributed by atoms with Crippen molar-refractivity contribution in [2.45, 2.75) is 11.1 Å². The zero-order chi connectivity index (χ0) is 11.8. The van der Waals surface area contributed by atoms with Crippen LogP contribution in [0.3, 0.4) is 0 Å². The van der Waals surface area contributed by atoms with E-state index in [1.807, 2.05) is 30.1 Å². The van der Waals surface area contributed by atoms with Gasteiger partial charge in [0.05, 0.1) is 9.89 Å². The number of rotatable bonds is 2. The van der Waals surface area contributed by atoms with Crippen LogP contribution >= 0.6 is 36.6 Å². The molecule has 0 saturated carbocycles. The molecule has 0 spiro atoms. The number of fused-ring (bicyclic) bond motifs is 1. The Morgan fingerprint density at radius 1 is 1.47 bits per heavy atom. The number of thiocarbonyl (C=S) groups is 1. The van der Waals surface area contributed by atoms with Gasteiger partial charge in [0.25, 0.3) is 0 Å². The van der Waals surface area contributed by atoms with E-state index >= 15 is 0 Å². The molecule has 0 amide bonds. The van der Waals surface area contributed by atoms with Gasteiger partial charge in [-0.3, -0.25) is 4.98 Å². The maximum absolute atomic E-state index is 5.18. The van der Waals surface area contributed by atoms with Gasteiger partial charge in [-0.1, -0.05) is 18.3 Å². The van der Waals surface area contributed by atoms with Gasteiger partial charge < -0.3 is 4.57 Å². The fourth-order valence-electron chi connectivity index (χ4n) is 2.07. The lowest BCUT2D eigenvalue weighted by molar-refractivity contribution is 0.773. The summed E-state index contributed by atoms with van der Waals surface area (Å²) in [4.78, 5) is 4.18. The molecule has 0 N–H and O–H groups in total. The number of hydrogen-bond donors (Lipinski definition) is 1. The van der Waals surface area contributed by atoms with Crippen molar-refractivity contribution in [3.63, 3.8) is 0 Å². The number of aromatic nitrogens is 2. The van der Waals surface area contributed by atoms with E-state index in [1.165, 1.54) is 11.3 Å². The second-order valence-electron chi connectivity index (χ2n) is 3.83. The molecule has 1 aliphatic heterocycles. The second-order valence-corrected chi connectivity index (χ2v) is 6.06. The van der Waals surface area contributed by atoms with E-state index < -0.39 is 0 Å². The van der Waals surface area contributed by atoms with Crippen LogP contribution < -0.4 is 0 Å². The quantitative estimate of drug-likeness (QED) is 0.671. The molecule has 1 aliphatic rings. The average molecular weight is 278 g/mol. The Balaban J connectivity index is 2.09. The molecule has 17 heavy (non-hydrogen) atoms. The Morgan fingerprint density at radius 3 is 3.06 bits per heavy atom. The third-order valence-electron chi connectivity index (χ3n) is 2.81. The van der Waals surface area contributed by atoms with E-state index in [-0.39, 0.29) is 5.37 Å². The zero-order valence-electron chi connectivity index (χ0n) is 8.91. The number of thiol groups is 1. The highest BCUT2D eigenvalue weighted by molar-refractivity contribution is 8.11. The highest BCUT2D eigenvalue weighted by Gasteiger charge is 2.26. The van der Waals surface area contributed by atoms with Crippen molar-refractivity contribution in [3.8, 4) is 0 Å². The van der Waals surface area contributed by atoms with Crippen LogP contribution in [0.2, 0.25) is 0 Å². The number of hydrogen-bond acceptors (Lipinski definition) is 3. The van der Waals surface area contributed by atoms with Crippen molar-refractivity contribution in [1.29, 1.82) is 0 Å². The summed E-state index contributed by atoms with van der Waals surface area (Å²) in [5, 5.41) is 0.272. The van der Waals surface area contributed by atoms with Crippen LogP contribution in [0.1, 0.15) is 22.3 Å². The molecule has 0 fully saturated rings. The Bertz CT molecular complexity index is 562. The smallest absolute Gasteiger partial charge is 0.107 e.